The van der Waals surface area contributed by atoms with Crippen LogP contribution >= 0.6 is 40.0 Å². The van der Waals surface area contributed by atoms with Crippen molar-refractivity contribution in [3.8, 4) is 67.0 Å². The van der Waals surface area contributed by atoms with Crippen molar-refractivity contribution in [3.63, 3.8) is 0 Å². The van der Waals surface area contributed by atoms with Gasteiger partial charge in [0.2, 0.25) is 17.7 Å². The molecule has 11 atom stereocenters. The molecule has 0 bridgehead atoms. The second kappa shape index (κ2) is 37.2. The summed E-state index contributed by atoms with van der Waals surface area (Å²) in [6.07, 6.45) is 5.52. The Hall–Kier alpha value is -9.10. The fraction of sp³-hybridized carbons (Fsp3) is 0.425. The van der Waals surface area contributed by atoms with Crippen LogP contribution in [0.15, 0.2) is 146 Å². The summed E-state index contributed by atoms with van der Waals surface area (Å²) in [6, 6.07) is 44.2. The first-order valence-corrected chi connectivity index (χ1v) is 48.2. The summed E-state index contributed by atoms with van der Waals surface area (Å²) >= 11 is 4.74. The second-order valence-corrected chi connectivity index (χ2v) is 44.0. The summed E-state index contributed by atoms with van der Waals surface area (Å²) in [6.45, 7) is 23.1. The number of aromatic amines is 4. The van der Waals surface area contributed by atoms with E-state index in [0.29, 0.717) is 47.0 Å². The quantitative estimate of drug-likeness (QED) is 0.0324. The molecule has 4 fully saturated rings. The molecule has 0 aliphatic carbocycles. The number of aromatic nitrogens is 8. The number of nitrogens with one attached hydrogen (secondary N) is 6. The Kier molecular flexibility index (Phi) is 27.5. The molecule has 4 aliphatic heterocycles. The normalized spacial score (nSPS) is 20.1. The number of ether oxygens (including phenoxy) is 3. The Balaban J connectivity index is 0.000000207. The van der Waals surface area contributed by atoms with Crippen LogP contribution in [-0.4, -0.2) is 180 Å². The van der Waals surface area contributed by atoms with Crippen LogP contribution < -0.4 is 10.6 Å². The van der Waals surface area contributed by atoms with Gasteiger partial charge >= 0.3 is 67.7 Å². The summed E-state index contributed by atoms with van der Waals surface area (Å²) in [5, 5.41) is 6.27. The zero-order chi connectivity index (χ0) is 81.5. The van der Waals surface area contributed by atoms with Crippen LogP contribution in [0, 0.1) is 41.4 Å². The monoisotopic (exact) mass is 1810 g/mol. The van der Waals surface area contributed by atoms with E-state index in [0.717, 1.165) is 145 Å². The number of H-pyrrole nitrogens is 4. The summed E-state index contributed by atoms with van der Waals surface area (Å²) in [7, 11) is 7.82. The van der Waals surface area contributed by atoms with Crippen molar-refractivity contribution in [2.75, 3.05) is 61.6 Å². The van der Waals surface area contributed by atoms with Gasteiger partial charge < -0.3 is 59.5 Å². The zero-order valence-corrected chi connectivity index (χ0v) is 73.2. The Bertz CT molecular complexity index is 5010. The van der Waals surface area contributed by atoms with Crippen LogP contribution in [0.1, 0.15) is 142 Å². The number of imidazole rings is 4. The van der Waals surface area contributed by atoms with E-state index >= 15 is 0 Å². The number of amides is 6. The molecule has 0 spiro atoms. The van der Waals surface area contributed by atoms with Crippen molar-refractivity contribution in [1.82, 2.24) is 75.0 Å². The number of rotatable bonds is 19. The predicted octanol–water partition coefficient (Wildman–Crippen LogP) is 17.6. The molecule has 0 radical (unpaired) electrons. The van der Waals surface area contributed by atoms with Gasteiger partial charge in [0.25, 0.3) is 0 Å². The van der Waals surface area contributed by atoms with Crippen molar-refractivity contribution in [3.05, 3.63) is 169 Å². The third-order valence-electron chi connectivity index (χ3n) is 22.6. The molecule has 0 unspecified atom stereocenters. The first kappa shape index (κ1) is 84.3. The van der Waals surface area contributed by atoms with Gasteiger partial charge in [-0.25, -0.2) is 34.3 Å². The molecule has 0 saturated carbocycles. The molecule has 4 saturated heterocycles. The molecule has 4 aromatic heterocycles. The number of likely N-dealkylation sites (N-methyl/N-ethyl adjacent to an activating group) is 2. The molecule has 6 aromatic carbocycles. The van der Waals surface area contributed by atoms with Crippen molar-refractivity contribution in [2.45, 2.75) is 137 Å². The third-order valence-corrected chi connectivity index (χ3v) is 22.6. The number of carbonyl (C=O) groups excluding carboxylic acids is 6. The van der Waals surface area contributed by atoms with Crippen molar-refractivity contribution >= 4 is 98.0 Å². The number of alkyl carbamates (subject to hydrolysis) is 1. The minimum atomic E-state index is -0.699. The first-order chi connectivity index (χ1) is 54.7. The SMILES string of the molecule is COC(=O)N(C)[C@H](C(=O)N1C[C@@H](C)C[C@H]1c1nc2ccc(-c3ccc(-c4ccc(-c5cnc([C@@H]6C[C@H](C)CN6)[nH]5)cc4)cc3)cc2[nH]1)C(C)C.COC(=O)N[C@H](C(=O)N1C[C@@H](C)C[C@H]1c1ncc(-c2ccc(-c3ccc(-c4ccc5nc([C@@H]6C[C@H](C)CN6C(=O)[C@H](C(C)C)N(C)C(=O)OC)[nH]c5c4)cc3)cc2)[nH]1)C(C)C.[I][V][I]. The van der Waals surface area contributed by atoms with Gasteiger partial charge in [-0.2, -0.15) is 0 Å². The van der Waals surface area contributed by atoms with Gasteiger partial charge in [0.05, 0.1) is 91.3 Å². The Labute approximate surface area is 696 Å². The van der Waals surface area contributed by atoms with E-state index in [1.165, 1.54) is 31.1 Å². The molecule has 27 heteroatoms. The standard InChI is InChI=1S/C47H58N8O6.C40H47N7O3.2HI.V/c1-26(2)40(52-46(58)60-8)44(56)54-24-28(5)20-38(54)42-48-23-37(51-42)33-16-14-31(15-17-33)30-10-12-32(13-11-30)34-18-19-35-36(22-34)50-43(49-35)39-21-29(6)25-55(39)45(57)41(27(3)4)53(7)47(59)61-9;1-23(2)36(46(5)40(49)50-6)39(48)47-22-25(4)18-35(47)38-43-31-16-15-30(19-32(31)44-38)28-9-7-26(8-10-28)27-11-13-29(14-12-27)34-21-42-37(45-34)33-17-24(3)20-41-33;;;/h10-19,22-23,26-29,38-41H,20-21,24-25H2,1-9H3,(H,48,51)(H,49,50)(H,52,58);7-16,19,21,23-25,33,35-36,41H,17-18,20,22H2,1-6H3,(H,42,45)(H,43,44);2*1H;/q;;;;+2/p-2/t28-,29-,38-,39-,40-,41-;24-,25-,33-,35-,36-;;;/m00.../s1. The molecule has 14 rings (SSSR count). The van der Waals surface area contributed by atoms with Crippen molar-refractivity contribution in [2.24, 2.45) is 41.4 Å². The topological polar surface area (TPSA) is 285 Å². The van der Waals surface area contributed by atoms with Gasteiger partial charge in [0.1, 0.15) is 41.4 Å². The summed E-state index contributed by atoms with van der Waals surface area (Å²) in [5.41, 5.74) is 16.3. The van der Waals surface area contributed by atoms with Gasteiger partial charge in [-0.05, 0) is 154 Å². The van der Waals surface area contributed by atoms with Gasteiger partial charge in [0.15, 0.2) is 0 Å². The zero-order valence-electron chi connectivity index (χ0n) is 67.5. The number of methoxy groups -OCH3 is 3. The molecule has 601 valence electrons. The second-order valence-electron chi connectivity index (χ2n) is 32.2. The molecule has 10 aromatic rings. The Morgan fingerprint density at radius 2 is 0.789 bits per heavy atom. The van der Waals surface area contributed by atoms with Crippen LogP contribution in [0.4, 0.5) is 14.4 Å². The number of hydrogen-bond donors (Lipinski definition) is 6. The minimum absolute atomic E-state index is 0.0780. The summed E-state index contributed by atoms with van der Waals surface area (Å²) in [4.78, 5) is 120. The number of hydrogen-bond acceptors (Lipinski definition) is 14. The molecule has 8 heterocycles. The summed E-state index contributed by atoms with van der Waals surface area (Å²) < 4.78 is 14.7. The average Bonchev–Trinajstić information content (AvgIpc) is 1.63. The number of benzene rings is 6. The molecule has 4 aliphatic rings. The van der Waals surface area contributed by atoms with E-state index in [1.807, 2.05) is 80.8 Å². The van der Waals surface area contributed by atoms with Gasteiger partial charge in [0, 0.05) is 33.7 Å². The van der Waals surface area contributed by atoms with E-state index in [2.05, 4.69) is 225 Å². The van der Waals surface area contributed by atoms with E-state index < -0.39 is 36.4 Å². The van der Waals surface area contributed by atoms with E-state index in [1.54, 1.807) is 14.1 Å². The summed E-state index contributed by atoms with van der Waals surface area (Å²) in [5.74, 6) is 4.17. The number of likely N-dealkylation sites (tertiary alicyclic amines) is 3. The fourth-order valence-corrected chi connectivity index (χ4v) is 16.7. The van der Waals surface area contributed by atoms with Crippen LogP contribution in [0.5, 0.6) is 0 Å². The number of fused-ring (bicyclic) bond motifs is 2. The molecule has 24 nitrogen and oxygen atoms in total. The van der Waals surface area contributed by atoms with Gasteiger partial charge in [-0.3, -0.25) is 24.2 Å². The maximum absolute atomic E-state index is 14.0. The number of carbonyl (C=O) groups is 6. The molecule has 6 amide bonds. The van der Waals surface area contributed by atoms with Crippen LogP contribution in [0.2, 0.25) is 0 Å². The van der Waals surface area contributed by atoms with Crippen molar-refractivity contribution < 1.29 is 52.4 Å². The van der Waals surface area contributed by atoms with Crippen LogP contribution in [0.25, 0.3) is 89.1 Å². The molecular weight excluding hydrogens is 1700 g/mol. The van der Waals surface area contributed by atoms with Crippen molar-refractivity contribution in [1.29, 1.82) is 0 Å². The average molecular weight is 1810 g/mol. The van der Waals surface area contributed by atoms with Crippen LogP contribution in [-0.2, 0) is 38.1 Å². The Morgan fingerprint density at radius 1 is 0.447 bits per heavy atom. The predicted molar refractivity (Wildman–Crippen MR) is 458 cm³/mol. The van der Waals surface area contributed by atoms with E-state index in [9.17, 15) is 28.8 Å². The molecule has 114 heavy (non-hydrogen) atoms. The number of halogens is 2. The first-order valence-electron chi connectivity index (χ1n) is 39.2. The van der Waals surface area contributed by atoms with Gasteiger partial charge in [-0.1, -0.05) is 178 Å². The molecule has 6 N–H and O–H groups in total. The third kappa shape index (κ3) is 18.9. The Morgan fingerprint density at radius 3 is 1.14 bits per heavy atom. The number of nitrogens with zero attached hydrogens (tertiary/aromatic N) is 9. The molecular formula is C87H105I2N15O9V. The maximum atomic E-state index is 14.0. The van der Waals surface area contributed by atoms with Gasteiger partial charge in [-0.15, -0.1) is 0 Å². The van der Waals surface area contributed by atoms with E-state index in [-0.39, 0.29) is 65.4 Å². The fourth-order valence-electron chi connectivity index (χ4n) is 16.7. The van der Waals surface area contributed by atoms with E-state index in [4.69, 9.17) is 29.2 Å². The van der Waals surface area contributed by atoms with Crippen LogP contribution in [0.3, 0.4) is 0 Å².